The van der Waals surface area contributed by atoms with Crippen molar-refractivity contribution < 1.29 is 4.79 Å². The third-order valence-electron chi connectivity index (χ3n) is 6.32. The molecule has 0 radical (unpaired) electrons. The van der Waals surface area contributed by atoms with E-state index in [1.54, 1.807) is 0 Å². The lowest BCUT2D eigenvalue weighted by atomic mass is 9.78. The first-order valence-corrected chi connectivity index (χ1v) is 10.3. The van der Waals surface area contributed by atoms with E-state index in [2.05, 4.69) is 60.8 Å². The summed E-state index contributed by atoms with van der Waals surface area (Å²) in [6.45, 7) is 8.74. The highest BCUT2D eigenvalue weighted by atomic mass is 16.1. The number of carbonyl (C=O) groups is 1. The molecule has 4 nitrogen and oxygen atoms in total. The SMILES string of the molecule is Cc1cc(C)cc(-n2cnc3cc(C(=O)NC4CCCC(C)C4C)ccc32)c1. The fraction of sp³-hybridized carbons (Fsp3) is 0.417. The van der Waals surface area contributed by atoms with Gasteiger partial charge in [-0.2, -0.15) is 0 Å². The minimum absolute atomic E-state index is 0.00815. The van der Waals surface area contributed by atoms with Crippen molar-refractivity contribution in [2.45, 2.75) is 53.0 Å². The molecule has 1 saturated carbocycles. The maximum atomic E-state index is 12.8. The van der Waals surface area contributed by atoms with Crippen molar-refractivity contribution in [1.29, 1.82) is 0 Å². The zero-order chi connectivity index (χ0) is 19.8. The Kier molecular flexibility index (Phi) is 4.96. The first-order chi connectivity index (χ1) is 13.4. The molecule has 1 fully saturated rings. The second-order valence-electron chi connectivity index (χ2n) is 8.51. The Labute approximate surface area is 167 Å². The highest BCUT2D eigenvalue weighted by Gasteiger charge is 2.28. The topological polar surface area (TPSA) is 46.9 Å². The molecule has 0 spiro atoms. The van der Waals surface area contributed by atoms with Gasteiger partial charge in [0.15, 0.2) is 0 Å². The molecule has 1 heterocycles. The third-order valence-corrected chi connectivity index (χ3v) is 6.32. The van der Waals surface area contributed by atoms with Crippen LogP contribution >= 0.6 is 0 Å². The molecule has 1 aliphatic carbocycles. The van der Waals surface area contributed by atoms with Crippen LogP contribution < -0.4 is 5.32 Å². The van der Waals surface area contributed by atoms with Crippen molar-refractivity contribution in [3.05, 3.63) is 59.4 Å². The van der Waals surface area contributed by atoms with E-state index in [9.17, 15) is 4.79 Å². The smallest absolute Gasteiger partial charge is 0.251 e. The summed E-state index contributed by atoms with van der Waals surface area (Å²) in [6, 6.07) is 12.6. The number of benzene rings is 2. The molecule has 3 atom stereocenters. The van der Waals surface area contributed by atoms with Gasteiger partial charge < -0.3 is 5.32 Å². The number of carbonyl (C=O) groups excluding carboxylic acids is 1. The standard InChI is InChI=1S/C24H29N3O/c1-15-10-16(2)12-20(11-15)27-14-25-22-13-19(8-9-23(22)27)24(28)26-21-7-5-6-17(3)18(21)4/h8-14,17-18,21H,5-7H2,1-4H3,(H,26,28). The number of rotatable bonds is 3. The fourth-order valence-electron chi connectivity index (χ4n) is 4.49. The molecule has 1 amide bonds. The summed E-state index contributed by atoms with van der Waals surface area (Å²) >= 11 is 0. The zero-order valence-corrected chi connectivity index (χ0v) is 17.2. The van der Waals surface area contributed by atoms with E-state index in [0.29, 0.717) is 17.4 Å². The Balaban J connectivity index is 1.59. The predicted molar refractivity (Wildman–Crippen MR) is 114 cm³/mol. The summed E-state index contributed by atoms with van der Waals surface area (Å²) in [7, 11) is 0. The lowest BCUT2D eigenvalue weighted by molar-refractivity contribution is 0.0891. The first-order valence-electron chi connectivity index (χ1n) is 10.3. The van der Waals surface area contributed by atoms with E-state index in [1.807, 2.05) is 24.5 Å². The number of nitrogens with one attached hydrogen (secondary N) is 1. The van der Waals surface area contributed by atoms with Crippen molar-refractivity contribution >= 4 is 16.9 Å². The average Bonchev–Trinajstić information content (AvgIpc) is 3.08. The molecule has 4 rings (SSSR count). The summed E-state index contributed by atoms with van der Waals surface area (Å²) in [5, 5.41) is 3.26. The monoisotopic (exact) mass is 375 g/mol. The van der Waals surface area contributed by atoms with Crippen molar-refractivity contribution in [3.63, 3.8) is 0 Å². The van der Waals surface area contributed by atoms with Crippen LogP contribution in [0.4, 0.5) is 0 Å². The van der Waals surface area contributed by atoms with Crippen molar-refractivity contribution in [2.24, 2.45) is 11.8 Å². The number of aryl methyl sites for hydroxylation is 2. The van der Waals surface area contributed by atoms with E-state index < -0.39 is 0 Å². The maximum absolute atomic E-state index is 12.8. The van der Waals surface area contributed by atoms with Crippen molar-refractivity contribution in [2.75, 3.05) is 0 Å². The molecule has 146 valence electrons. The third kappa shape index (κ3) is 3.56. The van der Waals surface area contributed by atoms with Gasteiger partial charge in [-0.3, -0.25) is 9.36 Å². The first kappa shape index (κ1) is 18.7. The van der Waals surface area contributed by atoms with Gasteiger partial charge in [-0.15, -0.1) is 0 Å². The highest BCUT2D eigenvalue weighted by molar-refractivity contribution is 5.97. The van der Waals surface area contributed by atoms with E-state index in [4.69, 9.17) is 0 Å². The molecular formula is C24H29N3O. The molecule has 3 aromatic rings. The minimum Gasteiger partial charge on any atom is -0.349 e. The lowest BCUT2D eigenvalue weighted by Gasteiger charge is -2.34. The summed E-state index contributed by atoms with van der Waals surface area (Å²) in [5.74, 6) is 1.19. The molecule has 1 aromatic heterocycles. The molecular weight excluding hydrogens is 346 g/mol. The number of aromatic nitrogens is 2. The fourth-order valence-corrected chi connectivity index (χ4v) is 4.49. The number of imidazole rings is 1. The molecule has 0 bridgehead atoms. The van der Waals surface area contributed by atoms with Gasteiger partial charge in [0.25, 0.3) is 5.91 Å². The van der Waals surface area contributed by atoms with Crippen LogP contribution in [0.5, 0.6) is 0 Å². The highest BCUT2D eigenvalue weighted by Crippen LogP contribution is 2.30. The Morgan fingerprint density at radius 1 is 1.07 bits per heavy atom. The van der Waals surface area contributed by atoms with Crippen LogP contribution in [0.25, 0.3) is 16.7 Å². The quantitative estimate of drug-likeness (QED) is 0.684. The van der Waals surface area contributed by atoms with Gasteiger partial charge in [-0.05, 0) is 73.6 Å². The number of hydrogen-bond donors (Lipinski definition) is 1. The second kappa shape index (κ2) is 7.42. The number of nitrogens with zero attached hydrogens (tertiary/aromatic N) is 2. The van der Waals surface area contributed by atoms with E-state index in [1.165, 1.54) is 24.0 Å². The van der Waals surface area contributed by atoms with Crippen LogP contribution in [0, 0.1) is 25.7 Å². The Hall–Kier alpha value is -2.62. The largest absolute Gasteiger partial charge is 0.349 e. The Bertz CT molecular complexity index is 1000. The summed E-state index contributed by atoms with van der Waals surface area (Å²) < 4.78 is 2.09. The van der Waals surface area contributed by atoms with E-state index >= 15 is 0 Å². The van der Waals surface area contributed by atoms with Crippen LogP contribution in [0.15, 0.2) is 42.7 Å². The van der Waals surface area contributed by atoms with Crippen LogP contribution in [0.2, 0.25) is 0 Å². The Morgan fingerprint density at radius 2 is 1.82 bits per heavy atom. The van der Waals surface area contributed by atoms with E-state index in [0.717, 1.165) is 23.1 Å². The van der Waals surface area contributed by atoms with Gasteiger partial charge in [0.1, 0.15) is 6.33 Å². The van der Waals surface area contributed by atoms with Crippen LogP contribution in [0.3, 0.4) is 0 Å². The predicted octanol–water partition coefficient (Wildman–Crippen LogP) is 5.20. The van der Waals surface area contributed by atoms with Crippen LogP contribution in [-0.4, -0.2) is 21.5 Å². The van der Waals surface area contributed by atoms with Gasteiger partial charge in [-0.1, -0.05) is 32.8 Å². The summed E-state index contributed by atoms with van der Waals surface area (Å²) in [5.41, 5.74) is 6.09. The molecule has 1 aliphatic rings. The molecule has 1 N–H and O–H groups in total. The number of fused-ring (bicyclic) bond motifs is 1. The second-order valence-corrected chi connectivity index (χ2v) is 8.51. The van der Waals surface area contributed by atoms with Crippen molar-refractivity contribution in [3.8, 4) is 5.69 Å². The van der Waals surface area contributed by atoms with Gasteiger partial charge in [0, 0.05) is 17.3 Å². The van der Waals surface area contributed by atoms with Gasteiger partial charge in [0.2, 0.25) is 0 Å². The summed E-state index contributed by atoms with van der Waals surface area (Å²) in [4.78, 5) is 17.4. The van der Waals surface area contributed by atoms with Gasteiger partial charge in [-0.25, -0.2) is 4.98 Å². The minimum atomic E-state index is 0.00815. The van der Waals surface area contributed by atoms with Gasteiger partial charge >= 0.3 is 0 Å². The maximum Gasteiger partial charge on any atom is 0.251 e. The van der Waals surface area contributed by atoms with Crippen LogP contribution in [-0.2, 0) is 0 Å². The number of hydrogen-bond acceptors (Lipinski definition) is 2. The number of amides is 1. The van der Waals surface area contributed by atoms with Crippen LogP contribution in [0.1, 0.15) is 54.6 Å². The lowest BCUT2D eigenvalue weighted by Crippen LogP contribution is -2.43. The molecule has 28 heavy (non-hydrogen) atoms. The summed E-state index contributed by atoms with van der Waals surface area (Å²) in [6.07, 6.45) is 5.36. The molecule has 0 aliphatic heterocycles. The molecule has 0 saturated heterocycles. The Morgan fingerprint density at radius 3 is 2.57 bits per heavy atom. The molecule has 4 heteroatoms. The van der Waals surface area contributed by atoms with Crippen molar-refractivity contribution in [1.82, 2.24) is 14.9 Å². The molecule has 3 unspecified atom stereocenters. The normalized spacial score (nSPS) is 22.4. The average molecular weight is 376 g/mol. The molecule has 2 aromatic carbocycles. The zero-order valence-electron chi connectivity index (χ0n) is 17.2. The van der Waals surface area contributed by atoms with E-state index in [-0.39, 0.29) is 11.9 Å². The van der Waals surface area contributed by atoms with Gasteiger partial charge in [0.05, 0.1) is 11.0 Å².